The minimum absolute atomic E-state index is 0.0459. The first kappa shape index (κ1) is 16.3. The van der Waals surface area contributed by atoms with Crippen LogP contribution in [-0.4, -0.2) is 56.1 Å². The van der Waals surface area contributed by atoms with Gasteiger partial charge in [-0.15, -0.1) is 10.2 Å². The highest BCUT2D eigenvalue weighted by Crippen LogP contribution is 2.34. The molecule has 0 aromatic carbocycles. The van der Waals surface area contributed by atoms with Gasteiger partial charge in [0.1, 0.15) is 5.69 Å². The second-order valence-electron chi connectivity index (χ2n) is 6.91. The van der Waals surface area contributed by atoms with Crippen LogP contribution in [0, 0.1) is 19.8 Å². The summed E-state index contributed by atoms with van der Waals surface area (Å²) in [6.45, 7) is 7.75. The molecule has 4 rings (SSSR count). The number of rotatable bonds is 4. The summed E-state index contributed by atoms with van der Waals surface area (Å²) >= 11 is 0. The molecule has 0 N–H and O–H groups in total. The van der Waals surface area contributed by atoms with Crippen LogP contribution in [0.5, 0.6) is 0 Å². The molecule has 2 aliphatic rings. The number of fused-ring (bicyclic) bond motifs is 1. The quantitative estimate of drug-likeness (QED) is 0.832. The monoisotopic (exact) mass is 345 g/mol. The summed E-state index contributed by atoms with van der Waals surface area (Å²) < 4.78 is 13.3. The van der Waals surface area contributed by atoms with Crippen molar-refractivity contribution in [2.45, 2.75) is 52.4 Å². The molecule has 2 aromatic rings. The van der Waals surface area contributed by atoms with Crippen molar-refractivity contribution in [3.05, 3.63) is 29.2 Å². The number of hydrogen-bond acceptors (Lipinski definition) is 6. The molecule has 2 fully saturated rings. The van der Waals surface area contributed by atoms with E-state index in [0.717, 1.165) is 18.7 Å². The summed E-state index contributed by atoms with van der Waals surface area (Å²) in [5.41, 5.74) is 1.54. The first-order valence-corrected chi connectivity index (χ1v) is 8.81. The number of carbonyl (C=O) groups is 1. The number of aryl methyl sites for hydroxylation is 3. The van der Waals surface area contributed by atoms with Gasteiger partial charge in [0.15, 0.2) is 0 Å². The summed E-state index contributed by atoms with van der Waals surface area (Å²) in [5, 5.41) is 12.3. The van der Waals surface area contributed by atoms with E-state index in [9.17, 15) is 4.79 Å². The lowest BCUT2D eigenvalue weighted by Gasteiger charge is -2.19. The van der Waals surface area contributed by atoms with Crippen molar-refractivity contribution in [3.8, 4) is 0 Å². The normalized spacial score (nSPS) is 25.6. The van der Waals surface area contributed by atoms with E-state index in [4.69, 9.17) is 9.15 Å². The number of likely N-dealkylation sites (tertiary alicyclic amines) is 1. The van der Waals surface area contributed by atoms with E-state index in [0.29, 0.717) is 42.9 Å². The zero-order valence-corrected chi connectivity index (χ0v) is 14.8. The number of hydrogen-bond donors (Lipinski definition) is 0. The molecule has 0 unspecified atom stereocenters. The topological polar surface area (TPSA) is 86.3 Å². The van der Waals surface area contributed by atoms with Crippen LogP contribution in [0.4, 0.5) is 0 Å². The van der Waals surface area contributed by atoms with E-state index in [-0.39, 0.29) is 18.1 Å². The number of nitrogens with zero attached hydrogens (tertiary/aromatic N) is 5. The van der Waals surface area contributed by atoms with Crippen LogP contribution in [0.3, 0.4) is 0 Å². The van der Waals surface area contributed by atoms with Crippen LogP contribution in [0.2, 0.25) is 0 Å². The molecule has 2 aromatic heterocycles. The predicted octanol–water partition coefficient (Wildman–Crippen LogP) is 1.38. The molecule has 2 saturated heterocycles. The summed E-state index contributed by atoms with van der Waals surface area (Å²) in [5.74, 6) is 1.62. The summed E-state index contributed by atoms with van der Waals surface area (Å²) in [6.07, 6.45) is 1.75. The minimum Gasteiger partial charge on any atom is -0.426 e. The standard InChI is InChI=1S/C17H23N5O3/c1-4-22-14(5-10(2)20-22)17(23)21-8-12-6-13(25-15(12)9-21)7-16-19-18-11(3)24-16/h5,12-13,15H,4,6-9H2,1-3H3/t12-,13+,15+/m0/s1. The Morgan fingerprint density at radius 3 is 2.84 bits per heavy atom. The fourth-order valence-electron chi connectivity index (χ4n) is 3.90. The number of aromatic nitrogens is 4. The van der Waals surface area contributed by atoms with Crippen molar-refractivity contribution >= 4 is 5.91 Å². The fourth-order valence-corrected chi connectivity index (χ4v) is 3.90. The molecule has 8 heteroatoms. The highest BCUT2D eigenvalue weighted by molar-refractivity contribution is 5.93. The molecular weight excluding hydrogens is 322 g/mol. The smallest absolute Gasteiger partial charge is 0.272 e. The van der Waals surface area contributed by atoms with Crippen molar-refractivity contribution < 1.29 is 13.9 Å². The molecule has 8 nitrogen and oxygen atoms in total. The zero-order valence-electron chi connectivity index (χ0n) is 14.8. The maximum atomic E-state index is 12.8. The molecule has 2 aliphatic heterocycles. The third kappa shape index (κ3) is 3.06. The maximum Gasteiger partial charge on any atom is 0.272 e. The van der Waals surface area contributed by atoms with Gasteiger partial charge in [0.25, 0.3) is 5.91 Å². The van der Waals surface area contributed by atoms with Crippen LogP contribution >= 0.6 is 0 Å². The van der Waals surface area contributed by atoms with Gasteiger partial charge in [0, 0.05) is 32.5 Å². The van der Waals surface area contributed by atoms with Gasteiger partial charge < -0.3 is 14.1 Å². The summed E-state index contributed by atoms with van der Waals surface area (Å²) in [4.78, 5) is 14.7. The lowest BCUT2D eigenvalue weighted by Crippen LogP contribution is -2.33. The van der Waals surface area contributed by atoms with E-state index in [1.807, 2.05) is 24.8 Å². The van der Waals surface area contributed by atoms with Gasteiger partial charge in [-0.05, 0) is 26.3 Å². The first-order chi connectivity index (χ1) is 12.0. The van der Waals surface area contributed by atoms with Crippen molar-refractivity contribution in [2.75, 3.05) is 13.1 Å². The summed E-state index contributed by atoms with van der Waals surface area (Å²) in [7, 11) is 0. The van der Waals surface area contributed by atoms with Crippen LogP contribution in [0.1, 0.15) is 41.3 Å². The Kier molecular flexibility index (Phi) is 4.07. The fraction of sp³-hybridized carbons (Fsp3) is 0.647. The zero-order chi connectivity index (χ0) is 17.6. The van der Waals surface area contributed by atoms with Gasteiger partial charge in [-0.2, -0.15) is 5.10 Å². The van der Waals surface area contributed by atoms with Gasteiger partial charge >= 0.3 is 0 Å². The summed E-state index contributed by atoms with van der Waals surface area (Å²) in [6, 6.07) is 1.86. The number of amides is 1. The molecule has 0 radical (unpaired) electrons. The Balaban J connectivity index is 1.38. The Bertz CT molecular complexity index is 769. The number of ether oxygens (including phenoxy) is 1. The van der Waals surface area contributed by atoms with Gasteiger partial charge in [0.2, 0.25) is 11.8 Å². The van der Waals surface area contributed by atoms with Gasteiger partial charge in [-0.25, -0.2) is 0 Å². The van der Waals surface area contributed by atoms with E-state index in [1.54, 1.807) is 11.6 Å². The van der Waals surface area contributed by atoms with E-state index in [2.05, 4.69) is 15.3 Å². The molecule has 0 saturated carbocycles. The van der Waals surface area contributed by atoms with Gasteiger partial charge in [-0.1, -0.05) is 0 Å². The molecule has 4 heterocycles. The Morgan fingerprint density at radius 2 is 2.16 bits per heavy atom. The van der Waals surface area contributed by atoms with Crippen LogP contribution < -0.4 is 0 Å². The molecule has 0 aliphatic carbocycles. The van der Waals surface area contributed by atoms with Crippen molar-refractivity contribution in [1.82, 2.24) is 24.9 Å². The van der Waals surface area contributed by atoms with Crippen LogP contribution in [0.25, 0.3) is 0 Å². The van der Waals surface area contributed by atoms with Gasteiger partial charge in [0.05, 0.1) is 24.3 Å². The second kappa shape index (κ2) is 6.25. The molecule has 1 amide bonds. The highest BCUT2D eigenvalue weighted by Gasteiger charge is 2.44. The molecule has 0 bridgehead atoms. The lowest BCUT2D eigenvalue weighted by molar-refractivity contribution is 0.0333. The third-order valence-electron chi connectivity index (χ3n) is 4.99. The molecule has 134 valence electrons. The van der Waals surface area contributed by atoms with Crippen LogP contribution in [0.15, 0.2) is 10.5 Å². The van der Waals surface area contributed by atoms with E-state index >= 15 is 0 Å². The van der Waals surface area contributed by atoms with Crippen LogP contribution in [-0.2, 0) is 17.7 Å². The molecule has 0 spiro atoms. The first-order valence-electron chi connectivity index (χ1n) is 8.81. The second-order valence-corrected chi connectivity index (χ2v) is 6.91. The highest BCUT2D eigenvalue weighted by atomic mass is 16.5. The Morgan fingerprint density at radius 1 is 1.32 bits per heavy atom. The average Bonchev–Trinajstić information content (AvgIpc) is 3.30. The Labute approximate surface area is 146 Å². The van der Waals surface area contributed by atoms with E-state index in [1.165, 1.54) is 0 Å². The minimum atomic E-state index is 0.0459. The predicted molar refractivity (Wildman–Crippen MR) is 88.0 cm³/mol. The number of carbonyl (C=O) groups excluding carboxylic acids is 1. The molecule has 3 atom stereocenters. The van der Waals surface area contributed by atoms with E-state index < -0.39 is 0 Å². The van der Waals surface area contributed by atoms with Crippen molar-refractivity contribution in [2.24, 2.45) is 5.92 Å². The van der Waals surface area contributed by atoms with Crippen molar-refractivity contribution in [1.29, 1.82) is 0 Å². The lowest BCUT2D eigenvalue weighted by atomic mass is 10.0. The third-order valence-corrected chi connectivity index (χ3v) is 4.99. The SMILES string of the molecule is CCn1nc(C)cc1C(=O)N1C[C@@H]2C[C@H](Cc3nnc(C)o3)O[C@@H]2C1. The average molecular weight is 345 g/mol. The molecule has 25 heavy (non-hydrogen) atoms. The maximum absolute atomic E-state index is 12.8. The molecular formula is C17H23N5O3. The Hall–Kier alpha value is -2.22. The van der Waals surface area contributed by atoms with Gasteiger partial charge in [-0.3, -0.25) is 9.48 Å². The largest absolute Gasteiger partial charge is 0.426 e. The van der Waals surface area contributed by atoms with Crippen molar-refractivity contribution in [3.63, 3.8) is 0 Å².